The maximum absolute atomic E-state index is 5.81. The third kappa shape index (κ3) is 3.22. The standard InChI is InChI=1S/C12H19ClN4/c1-12(2)5-3-8(4-6-12)16-10-9(14)7-15-11(13)17-10/h7-8H,3-6,14H2,1-2H3,(H,15,16,17). The lowest BCUT2D eigenvalue weighted by molar-refractivity contribution is 0.232. The Morgan fingerprint density at radius 2 is 2.06 bits per heavy atom. The number of nitrogens with two attached hydrogens (primary N) is 1. The van der Waals surface area contributed by atoms with E-state index in [9.17, 15) is 0 Å². The van der Waals surface area contributed by atoms with Crippen LogP contribution >= 0.6 is 11.6 Å². The van der Waals surface area contributed by atoms with Crippen molar-refractivity contribution in [1.82, 2.24) is 9.97 Å². The van der Waals surface area contributed by atoms with Crippen LogP contribution in [0.3, 0.4) is 0 Å². The Balaban J connectivity index is 2.00. The van der Waals surface area contributed by atoms with E-state index in [1.165, 1.54) is 12.8 Å². The summed E-state index contributed by atoms with van der Waals surface area (Å²) >= 11 is 5.76. The predicted octanol–water partition coefficient (Wildman–Crippen LogP) is 3.09. The molecule has 0 bridgehead atoms. The van der Waals surface area contributed by atoms with Gasteiger partial charge in [0.1, 0.15) is 0 Å². The van der Waals surface area contributed by atoms with Gasteiger partial charge in [-0.25, -0.2) is 4.98 Å². The Hall–Kier alpha value is -1.03. The van der Waals surface area contributed by atoms with Gasteiger partial charge in [0, 0.05) is 6.04 Å². The van der Waals surface area contributed by atoms with Gasteiger partial charge in [-0.1, -0.05) is 13.8 Å². The number of hydrogen-bond donors (Lipinski definition) is 2. The van der Waals surface area contributed by atoms with E-state index in [4.69, 9.17) is 17.3 Å². The molecule has 0 radical (unpaired) electrons. The number of nitrogen functional groups attached to an aromatic ring is 1. The molecule has 0 saturated heterocycles. The first kappa shape index (κ1) is 12.4. The van der Waals surface area contributed by atoms with E-state index in [0.717, 1.165) is 12.8 Å². The molecule has 4 nitrogen and oxygen atoms in total. The second-order valence-electron chi connectivity index (χ2n) is 5.53. The van der Waals surface area contributed by atoms with Crippen LogP contribution in [-0.2, 0) is 0 Å². The fourth-order valence-electron chi connectivity index (χ4n) is 2.22. The van der Waals surface area contributed by atoms with Crippen LogP contribution in [-0.4, -0.2) is 16.0 Å². The molecule has 5 heteroatoms. The number of nitrogens with zero attached hydrogens (tertiary/aromatic N) is 2. The molecule has 0 unspecified atom stereocenters. The molecule has 94 valence electrons. The molecule has 0 amide bonds. The van der Waals surface area contributed by atoms with Crippen molar-refractivity contribution in [3.8, 4) is 0 Å². The first-order valence-corrected chi connectivity index (χ1v) is 6.39. The van der Waals surface area contributed by atoms with E-state index in [-0.39, 0.29) is 5.28 Å². The Morgan fingerprint density at radius 1 is 1.41 bits per heavy atom. The van der Waals surface area contributed by atoms with Crippen LogP contribution in [0, 0.1) is 5.41 Å². The van der Waals surface area contributed by atoms with Crippen molar-refractivity contribution in [3.05, 3.63) is 11.5 Å². The first-order valence-electron chi connectivity index (χ1n) is 6.01. The number of aromatic nitrogens is 2. The Labute approximate surface area is 107 Å². The van der Waals surface area contributed by atoms with E-state index in [0.29, 0.717) is 23.0 Å². The van der Waals surface area contributed by atoms with E-state index < -0.39 is 0 Å². The molecule has 1 saturated carbocycles. The summed E-state index contributed by atoms with van der Waals surface area (Å²) < 4.78 is 0. The molecule has 0 spiro atoms. The third-order valence-corrected chi connectivity index (χ3v) is 3.65. The van der Waals surface area contributed by atoms with Gasteiger partial charge in [0.05, 0.1) is 11.9 Å². The van der Waals surface area contributed by atoms with Gasteiger partial charge in [0.15, 0.2) is 5.82 Å². The van der Waals surface area contributed by atoms with E-state index in [1.807, 2.05) is 0 Å². The SMILES string of the molecule is CC1(C)CCC(Nc2nc(Cl)ncc2N)CC1. The Morgan fingerprint density at radius 3 is 2.71 bits per heavy atom. The Kier molecular flexibility index (Phi) is 3.43. The smallest absolute Gasteiger partial charge is 0.224 e. The van der Waals surface area contributed by atoms with Gasteiger partial charge in [-0.3, -0.25) is 0 Å². The fourth-order valence-corrected chi connectivity index (χ4v) is 2.36. The third-order valence-electron chi connectivity index (χ3n) is 3.47. The van der Waals surface area contributed by atoms with E-state index in [1.54, 1.807) is 6.20 Å². The minimum absolute atomic E-state index is 0.234. The lowest BCUT2D eigenvalue weighted by Gasteiger charge is -2.34. The van der Waals surface area contributed by atoms with Crippen LogP contribution in [0.1, 0.15) is 39.5 Å². The molecule has 1 heterocycles. The van der Waals surface area contributed by atoms with Crippen LogP contribution in [0.2, 0.25) is 5.28 Å². The molecule has 17 heavy (non-hydrogen) atoms. The van der Waals surface area contributed by atoms with Gasteiger partial charge in [0.2, 0.25) is 5.28 Å². The van der Waals surface area contributed by atoms with Gasteiger partial charge < -0.3 is 11.1 Å². The lowest BCUT2D eigenvalue weighted by Crippen LogP contribution is -2.30. The number of hydrogen-bond acceptors (Lipinski definition) is 4. The highest BCUT2D eigenvalue weighted by atomic mass is 35.5. The number of nitrogens with one attached hydrogen (secondary N) is 1. The first-order chi connectivity index (χ1) is 7.96. The van der Waals surface area contributed by atoms with Gasteiger partial charge in [-0.05, 0) is 42.7 Å². The molecular weight excluding hydrogens is 236 g/mol. The minimum Gasteiger partial charge on any atom is -0.394 e. The van der Waals surface area contributed by atoms with Gasteiger partial charge in [-0.2, -0.15) is 4.98 Å². The topological polar surface area (TPSA) is 63.8 Å². The fraction of sp³-hybridized carbons (Fsp3) is 0.667. The number of anilines is 2. The van der Waals surface area contributed by atoms with Crippen molar-refractivity contribution in [3.63, 3.8) is 0 Å². The molecule has 1 aromatic heterocycles. The van der Waals surface area contributed by atoms with Crippen LogP contribution in [0.5, 0.6) is 0 Å². The zero-order valence-electron chi connectivity index (χ0n) is 10.3. The summed E-state index contributed by atoms with van der Waals surface area (Å²) in [6, 6.07) is 0.441. The highest BCUT2D eigenvalue weighted by Gasteiger charge is 2.27. The molecule has 2 rings (SSSR count). The maximum Gasteiger partial charge on any atom is 0.224 e. The largest absolute Gasteiger partial charge is 0.394 e. The summed E-state index contributed by atoms with van der Waals surface area (Å²) in [4.78, 5) is 7.97. The maximum atomic E-state index is 5.81. The molecule has 3 N–H and O–H groups in total. The van der Waals surface area contributed by atoms with Crippen LogP contribution in [0.25, 0.3) is 0 Å². The second kappa shape index (κ2) is 4.69. The zero-order valence-corrected chi connectivity index (χ0v) is 11.1. The zero-order chi connectivity index (χ0) is 12.5. The van der Waals surface area contributed by atoms with Crippen LogP contribution < -0.4 is 11.1 Å². The molecule has 0 atom stereocenters. The quantitative estimate of drug-likeness (QED) is 0.796. The van der Waals surface area contributed by atoms with Crippen molar-refractivity contribution in [2.45, 2.75) is 45.6 Å². The summed E-state index contributed by atoms with van der Waals surface area (Å²) in [6.07, 6.45) is 6.29. The normalized spacial score (nSPS) is 20.2. The van der Waals surface area contributed by atoms with Crippen molar-refractivity contribution >= 4 is 23.1 Å². The molecule has 1 fully saturated rings. The summed E-state index contributed by atoms with van der Waals surface area (Å²) in [5, 5.41) is 3.60. The van der Waals surface area contributed by atoms with Crippen molar-refractivity contribution < 1.29 is 0 Å². The van der Waals surface area contributed by atoms with Crippen molar-refractivity contribution in [2.24, 2.45) is 5.41 Å². The average Bonchev–Trinajstić information content (AvgIpc) is 2.26. The summed E-state index contributed by atoms with van der Waals surface area (Å²) in [5.74, 6) is 0.662. The van der Waals surface area contributed by atoms with Crippen molar-refractivity contribution in [2.75, 3.05) is 11.1 Å². The molecule has 1 aliphatic rings. The monoisotopic (exact) mass is 254 g/mol. The summed E-state index contributed by atoms with van der Waals surface area (Å²) in [5.41, 5.74) is 6.83. The molecule has 1 aliphatic carbocycles. The molecule has 0 aromatic carbocycles. The number of halogens is 1. The summed E-state index contributed by atoms with van der Waals surface area (Å²) in [6.45, 7) is 4.64. The van der Waals surface area contributed by atoms with E-state index >= 15 is 0 Å². The minimum atomic E-state index is 0.234. The highest BCUT2D eigenvalue weighted by Crippen LogP contribution is 2.36. The van der Waals surface area contributed by atoms with Crippen molar-refractivity contribution in [1.29, 1.82) is 0 Å². The summed E-state index contributed by atoms with van der Waals surface area (Å²) in [7, 11) is 0. The highest BCUT2D eigenvalue weighted by molar-refractivity contribution is 6.28. The molecule has 0 aliphatic heterocycles. The molecular formula is C12H19ClN4. The van der Waals surface area contributed by atoms with Crippen LogP contribution in [0.15, 0.2) is 6.20 Å². The number of rotatable bonds is 2. The predicted molar refractivity (Wildman–Crippen MR) is 71.1 cm³/mol. The van der Waals surface area contributed by atoms with E-state index in [2.05, 4.69) is 29.1 Å². The van der Waals surface area contributed by atoms with Crippen LogP contribution in [0.4, 0.5) is 11.5 Å². The van der Waals surface area contributed by atoms with Gasteiger partial charge >= 0.3 is 0 Å². The lowest BCUT2D eigenvalue weighted by atomic mass is 9.75. The Bertz CT molecular complexity index is 395. The van der Waals surface area contributed by atoms with Gasteiger partial charge in [0.25, 0.3) is 0 Å². The second-order valence-corrected chi connectivity index (χ2v) is 5.86. The average molecular weight is 255 g/mol. The van der Waals surface area contributed by atoms with Gasteiger partial charge in [-0.15, -0.1) is 0 Å². The molecule has 1 aromatic rings.